The summed E-state index contributed by atoms with van der Waals surface area (Å²) in [5.41, 5.74) is 13.5. The SMILES string of the molecule is Cc1ccc(CN(C)Cc2cccc(N)c2)c(C)c1C. The van der Waals surface area contributed by atoms with Crippen LogP contribution in [0.2, 0.25) is 0 Å². The maximum absolute atomic E-state index is 5.83. The topological polar surface area (TPSA) is 29.3 Å². The second-order valence-corrected chi connectivity index (χ2v) is 5.71. The predicted molar refractivity (Wildman–Crippen MR) is 86.7 cm³/mol. The summed E-state index contributed by atoms with van der Waals surface area (Å²) in [6.07, 6.45) is 0. The van der Waals surface area contributed by atoms with E-state index in [-0.39, 0.29) is 0 Å². The van der Waals surface area contributed by atoms with Gasteiger partial charge in [0.05, 0.1) is 0 Å². The Hall–Kier alpha value is -1.80. The number of anilines is 1. The van der Waals surface area contributed by atoms with Crippen molar-refractivity contribution in [1.29, 1.82) is 0 Å². The molecule has 0 fully saturated rings. The number of nitrogens with zero attached hydrogens (tertiary/aromatic N) is 1. The molecule has 0 aromatic heterocycles. The molecule has 2 rings (SSSR count). The van der Waals surface area contributed by atoms with Crippen molar-refractivity contribution in [2.45, 2.75) is 33.9 Å². The summed E-state index contributed by atoms with van der Waals surface area (Å²) in [5, 5.41) is 0. The van der Waals surface area contributed by atoms with Gasteiger partial charge in [0.1, 0.15) is 0 Å². The minimum Gasteiger partial charge on any atom is -0.399 e. The molecule has 0 aliphatic carbocycles. The fourth-order valence-electron chi connectivity index (χ4n) is 2.53. The van der Waals surface area contributed by atoms with E-state index >= 15 is 0 Å². The monoisotopic (exact) mass is 268 g/mol. The van der Waals surface area contributed by atoms with Crippen LogP contribution in [0.15, 0.2) is 36.4 Å². The molecule has 2 aromatic rings. The van der Waals surface area contributed by atoms with Gasteiger partial charge in [0.25, 0.3) is 0 Å². The van der Waals surface area contributed by atoms with Gasteiger partial charge < -0.3 is 5.73 Å². The number of nitrogens with two attached hydrogens (primary N) is 1. The van der Waals surface area contributed by atoms with Crippen LogP contribution in [0.3, 0.4) is 0 Å². The molecule has 0 spiro atoms. The molecule has 106 valence electrons. The van der Waals surface area contributed by atoms with Crippen LogP contribution in [0, 0.1) is 20.8 Å². The summed E-state index contributed by atoms with van der Waals surface area (Å²) in [4.78, 5) is 2.33. The third kappa shape index (κ3) is 3.40. The molecule has 0 radical (unpaired) electrons. The van der Waals surface area contributed by atoms with Gasteiger partial charge in [-0.1, -0.05) is 24.3 Å². The molecule has 0 atom stereocenters. The van der Waals surface area contributed by atoms with Crippen molar-refractivity contribution in [2.24, 2.45) is 0 Å². The number of hydrogen-bond acceptors (Lipinski definition) is 2. The number of nitrogen functional groups attached to an aromatic ring is 1. The van der Waals surface area contributed by atoms with Crippen LogP contribution in [0.5, 0.6) is 0 Å². The van der Waals surface area contributed by atoms with E-state index in [4.69, 9.17) is 5.73 Å². The Bertz CT molecular complexity index is 602. The van der Waals surface area contributed by atoms with Gasteiger partial charge >= 0.3 is 0 Å². The van der Waals surface area contributed by atoms with Crippen molar-refractivity contribution in [1.82, 2.24) is 4.90 Å². The number of rotatable bonds is 4. The van der Waals surface area contributed by atoms with Crippen LogP contribution in [0.1, 0.15) is 27.8 Å². The first-order chi connectivity index (χ1) is 9.47. The van der Waals surface area contributed by atoms with E-state index in [9.17, 15) is 0 Å². The highest BCUT2D eigenvalue weighted by Crippen LogP contribution is 2.19. The highest BCUT2D eigenvalue weighted by molar-refractivity contribution is 5.41. The second-order valence-electron chi connectivity index (χ2n) is 5.71. The van der Waals surface area contributed by atoms with Gasteiger partial charge in [-0.3, -0.25) is 4.90 Å². The van der Waals surface area contributed by atoms with Crippen molar-refractivity contribution < 1.29 is 0 Å². The van der Waals surface area contributed by atoms with Crippen molar-refractivity contribution >= 4 is 5.69 Å². The second kappa shape index (κ2) is 6.10. The smallest absolute Gasteiger partial charge is 0.0317 e. The third-order valence-corrected chi connectivity index (χ3v) is 4.01. The zero-order valence-corrected chi connectivity index (χ0v) is 12.9. The lowest BCUT2D eigenvalue weighted by molar-refractivity contribution is 0.318. The summed E-state index contributed by atoms with van der Waals surface area (Å²) >= 11 is 0. The maximum atomic E-state index is 5.83. The molecule has 20 heavy (non-hydrogen) atoms. The predicted octanol–water partition coefficient (Wildman–Crippen LogP) is 3.83. The van der Waals surface area contributed by atoms with E-state index in [0.29, 0.717) is 0 Å². The molecule has 0 unspecified atom stereocenters. The van der Waals surface area contributed by atoms with Gasteiger partial charge in [-0.25, -0.2) is 0 Å². The average molecular weight is 268 g/mol. The van der Waals surface area contributed by atoms with Gasteiger partial charge in [-0.05, 0) is 67.8 Å². The van der Waals surface area contributed by atoms with Crippen LogP contribution >= 0.6 is 0 Å². The largest absolute Gasteiger partial charge is 0.399 e. The number of aryl methyl sites for hydroxylation is 1. The van der Waals surface area contributed by atoms with E-state index in [1.807, 2.05) is 18.2 Å². The molecular formula is C18H24N2. The van der Waals surface area contributed by atoms with Crippen LogP contribution in [0.4, 0.5) is 5.69 Å². The van der Waals surface area contributed by atoms with Crippen LogP contribution in [0.25, 0.3) is 0 Å². The first-order valence-corrected chi connectivity index (χ1v) is 7.06. The molecule has 2 nitrogen and oxygen atoms in total. The Morgan fingerprint density at radius 3 is 2.40 bits per heavy atom. The minimum atomic E-state index is 0.832. The van der Waals surface area contributed by atoms with Gasteiger partial charge in [-0.2, -0.15) is 0 Å². The van der Waals surface area contributed by atoms with E-state index in [1.165, 1.54) is 27.8 Å². The highest BCUT2D eigenvalue weighted by Gasteiger charge is 2.07. The zero-order chi connectivity index (χ0) is 14.7. The molecule has 0 aliphatic heterocycles. The maximum Gasteiger partial charge on any atom is 0.0317 e. The Kier molecular flexibility index (Phi) is 4.46. The first kappa shape index (κ1) is 14.6. The lowest BCUT2D eigenvalue weighted by Gasteiger charge is -2.20. The van der Waals surface area contributed by atoms with Gasteiger partial charge in [0.2, 0.25) is 0 Å². The Morgan fingerprint density at radius 2 is 1.70 bits per heavy atom. The molecular weight excluding hydrogens is 244 g/mol. The molecule has 0 amide bonds. The van der Waals surface area contributed by atoms with E-state index in [0.717, 1.165) is 18.8 Å². The van der Waals surface area contributed by atoms with Crippen LogP contribution in [-0.2, 0) is 13.1 Å². The normalized spacial score (nSPS) is 11.1. The van der Waals surface area contributed by atoms with E-state index in [2.05, 4.69) is 50.9 Å². The average Bonchev–Trinajstić information content (AvgIpc) is 2.39. The summed E-state index contributed by atoms with van der Waals surface area (Å²) in [7, 11) is 2.15. The Balaban J connectivity index is 2.08. The number of hydrogen-bond donors (Lipinski definition) is 1. The molecule has 0 saturated heterocycles. The van der Waals surface area contributed by atoms with E-state index in [1.54, 1.807) is 0 Å². The fourth-order valence-corrected chi connectivity index (χ4v) is 2.53. The molecule has 0 aliphatic rings. The van der Waals surface area contributed by atoms with Crippen molar-refractivity contribution in [3.05, 3.63) is 64.2 Å². The summed E-state index contributed by atoms with van der Waals surface area (Å²) in [6.45, 7) is 8.46. The highest BCUT2D eigenvalue weighted by atomic mass is 15.1. The summed E-state index contributed by atoms with van der Waals surface area (Å²) in [6, 6.07) is 12.6. The fraction of sp³-hybridized carbons (Fsp3) is 0.333. The van der Waals surface area contributed by atoms with Crippen molar-refractivity contribution in [3.63, 3.8) is 0 Å². The first-order valence-electron chi connectivity index (χ1n) is 7.06. The van der Waals surface area contributed by atoms with Gasteiger partial charge in [0, 0.05) is 18.8 Å². The van der Waals surface area contributed by atoms with Gasteiger partial charge in [-0.15, -0.1) is 0 Å². The Morgan fingerprint density at radius 1 is 0.950 bits per heavy atom. The Labute approximate surface area is 122 Å². The molecule has 0 bridgehead atoms. The zero-order valence-electron chi connectivity index (χ0n) is 12.9. The molecule has 0 heterocycles. The summed E-state index contributed by atoms with van der Waals surface area (Å²) in [5.74, 6) is 0. The molecule has 2 N–H and O–H groups in total. The lowest BCUT2D eigenvalue weighted by atomic mass is 9.98. The van der Waals surface area contributed by atoms with Gasteiger partial charge in [0.15, 0.2) is 0 Å². The molecule has 2 aromatic carbocycles. The van der Waals surface area contributed by atoms with Crippen molar-refractivity contribution in [2.75, 3.05) is 12.8 Å². The molecule has 2 heteroatoms. The molecule has 0 saturated carbocycles. The van der Waals surface area contributed by atoms with E-state index < -0.39 is 0 Å². The summed E-state index contributed by atoms with van der Waals surface area (Å²) < 4.78 is 0. The standard InChI is InChI=1S/C18H24N2/c1-13-8-9-17(15(3)14(13)2)12-20(4)11-16-6-5-7-18(19)10-16/h5-10H,11-12,19H2,1-4H3. The quantitative estimate of drug-likeness (QED) is 0.854. The van der Waals surface area contributed by atoms with Crippen molar-refractivity contribution in [3.8, 4) is 0 Å². The van der Waals surface area contributed by atoms with Crippen LogP contribution < -0.4 is 5.73 Å². The number of benzene rings is 2. The lowest BCUT2D eigenvalue weighted by Crippen LogP contribution is -2.18. The third-order valence-electron chi connectivity index (χ3n) is 4.01. The van der Waals surface area contributed by atoms with Crippen LogP contribution in [-0.4, -0.2) is 11.9 Å². The minimum absolute atomic E-state index is 0.832.